The van der Waals surface area contributed by atoms with Gasteiger partial charge in [0.25, 0.3) is 5.91 Å². The molecule has 3 atom stereocenters. The van der Waals surface area contributed by atoms with Gasteiger partial charge in [0, 0.05) is 24.7 Å². The van der Waals surface area contributed by atoms with Gasteiger partial charge in [-0.15, -0.1) is 0 Å². The Morgan fingerprint density at radius 1 is 1.21 bits per heavy atom. The van der Waals surface area contributed by atoms with Crippen LogP contribution >= 0.6 is 0 Å². The molecule has 1 N–H and O–H groups in total. The molecular weight excluding hydrogens is 300 g/mol. The van der Waals surface area contributed by atoms with Crippen molar-refractivity contribution < 1.29 is 9.53 Å². The number of methoxy groups -OCH3 is 1. The van der Waals surface area contributed by atoms with E-state index >= 15 is 0 Å². The number of ether oxygens (including phenoxy) is 1. The first-order valence-electron chi connectivity index (χ1n) is 9.42. The van der Waals surface area contributed by atoms with Crippen LogP contribution in [0.5, 0.6) is 5.75 Å². The van der Waals surface area contributed by atoms with Gasteiger partial charge in [-0.05, 0) is 61.4 Å². The van der Waals surface area contributed by atoms with Crippen LogP contribution in [-0.4, -0.2) is 43.6 Å². The molecule has 3 aliphatic rings. The minimum Gasteiger partial charge on any atom is -0.497 e. The van der Waals surface area contributed by atoms with Crippen LogP contribution in [0.3, 0.4) is 0 Å². The molecule has 130 valence electrons. The monoisotopic (exact) mass is 328 g/mol. The summed E-state index contributed by atoms with van der Waals surface area (Å²) in [6, 6.07) is 7.74. The Bertz CT molecular complexity index is 570. The predicted octanol–water partition coefficient (Wildman–Crippen LogP) is 2.94. The molecule has 1 heterocycles. The average Bonchev–Trinajstić information content (AvgIpc) is 3.01. The summed E-state index contributed by atoms with van der Waals surface area (Å²) in [6.45, 7) is 3.59. The molecule has 4 rings (SSSR count). The Labute approximate surface area is 144 Å². The van der Waals surface area contributed by atoms with Crippen LogP contribution in [0.1, 0.15) is 42.5 Å². The quantitative estimate of drug-likeness (QED) is 0.837. The number of nitrogens with zero attached hydrogens (tertiary/aromatic N) is 1. The van der Waals surface area contributed by atoms with Crippen LogP contribution in [0.15, 0.2) is 24.3 Å². The van der Waals surface area contributed by atoms with Gasteiger partial charge in [0.2, 0.25) is 0 Å². The van der Waals surface area contributed by atoms with Crippen molar-refractivity contribution in [3.8, 4) is 5.75 Å². The normalized spacial score (nSPS) is 29.0. The van der Waals surface area contributed by atoms with Gasteiger partial charge in [-0.3, -0.25) is 4.79 Å². The highest BCUT2D eigenvalue weighted by Gasteiger charge is 2.56. The Morgan fingerprint density at radius 2 is 1.92 bits per heavy atom. The zero-order valence-electron chi connectivity index (χ0n) is 14.5. The lowest BCUT2D eigenvalue weighted by atomic mass is 9.82. The summed E-state index contributed by atoms with van der Waals surface area (Å²) in [6.07, 6.45) is 7.15. The van der Waals surface area contributed by atoms with Gasteiger partial charge >= 0.3 is 0 Å². The number of rotatable bonds is 7. The number of hydrogen-bond donors (Lipinski definition) is 1. The van der Waals surface area contributed by atoms with Crippen molar-refractivity contribution in [2.24, 2.45) is 17.8 Å². The molecule has 4 nitrogen and oxygen atoms in total. The first-order valence-corrected chi connectivity index (χ1v) is 9.42. The number of hydrogen-bond acceptors (Lipinski definition) is 3. The maximum atomic E-state index is 12.3. The topological polar surface area (TPSA) is 41.6 Å². The molecule has 24 heavy (non-hydrogen) atoms. The molecule has 0 bridgehead atoms. The number of amides is 1. The molecule has 1 saturated heterocycles. The third-order valence-electron chi connectivity index (χ3n) is 6.23. The van der Waals surface area contributed by atoms with E-state index in [9.17, 15) is 4.79 Å². The molecule has 1 aromatic rings. The number of likely N-dealkylation sites (tertiary alicyclic amines) is 1. The molecule has 3 fully saturated rings. The maximum absolute atomic E-state index is 12.3. The maximum Gasteiger partial charge on any atom is 0.251 e. The van der Waals surface area contributed by atoms with E-state index in [4.69, 9.17) is 4.74 Å². The second-order valence-electron chi connectivity index (χ2n) is 7.75. The van der Waals surface area contributed by atoms with E-state index in [2.05, 4.69) is 10.2 Å². The van der Waals surface area contributed by atoms with Gasteiger partial charge < -0.3 is 15.0 Å². The van der Waals surface area contributed by atoms with E-state index in [0.717, 1.165) is 17.2 Å². The number of nitrogens with one attached hydrogen (secondary N) is 1. The molecule has 2 aliphatic carbocycles. The molecule has 0 spiro atoms. The Morgan fingerprint density at radius 3 is 2.50 bits per heavy atom. The highest BCUT2D eigenvalue weighted by Crippen LogP contribution is 2.45. The number of fused-ring (bicyclic) bond motifs is 1. The summed E-state index contributed by atoms with van der Waals surface area (Å²) >= 11 is 0. The molecule has 4 heteroatoms. The zero-order valence-corrected chi connectivity index (χ0v) is 14.5. The lowest BCUT2D eigenvalue weighted by molar-refractivity contribution is 0.0942. The molecule has 0 aromatic heterocycles. The predicted molar refractivity (Wildman–Crippen MR) is 94.2 cm³/mol. The second-order valence-corrected chi connectivity index (χ2v) is 7.75. The van der Waals surface area contributed by atoms with Crippen LogP contribution < -0.4 is 10.1 Å². The van der Waals surface area contributed by atoms with Crippen LogP contribution in [-0.2, 0) is 0 Å². The SMILES string of the molecule is COc1ccc(C(=O)NC2[C@H]3CN(CCCC4CCC4)C[C@@H]23)cc1. The number of carbonyl (C=O) groups is 1. The third kappa shape index (κ3) is 3.30. The van der Waals surface area contributed by atoms with Crippen molar-refractivity contribution in [3.05, 3.63) is 29.8 Å². The number of piperidine rings is 1. The lowest BCUT2D eigenvalue weighted by Gasteiger charge is -2.26. The van der Waals surface area contributed by atoms with Crippen molar-refractivity contribution in [3.63, 3.8) is 0 Å². The smallest absolute Gasteiger partial charge is 0.251 e. The molecule has 1 aliphatic heterocycles. The van der Waals surface area contributed by atoms with E-state index in [0.29, 0.717) is 17.9 Å². The van der Waals surface area contributed by atoms with Crippen molar-refractivity contribution in [1.82, 2.24) is 10.2 Å². The number of carbonyl (C=O) groups excluding carboxylic acids is 1. The first-order chi connectivity index (χ1) is 11.7. The minimum atomic E-state index is 0.0496. The summed E-state index contributed by atoms with van der Waals surface area (Å²) in [4.78, 5) is 14.9. The van der Waals surface area contributed by atoms with Gasteiger partial charge in [0.15, 0.2) is 0 Å². The highest BCUT2D eigenvalue weighted by atomic mass is 16.5. The largest absolute Gasteiger partial charge is 0.497 e. The Balaban J connectivity index is 1.18. The summed E-state index contributed by atoms with van der Waals surface area (Å²) in [5, 5.41) is 3.22. The number of benzene rings is 1. The summed E-state index contributed by atoms with van der Waals surface area (Å²) in [5.74, 6) is 3.21. The minimum absolute atomic E-state index is 0.0496. The van der Waals surface area contributed by atoms with E-state index in [1.54, 1.807) is 7.11 Å². The fourth-order valence-electron chi connectivity index (χ4n) is 4.37. The fourth-order valence-corrected chi connectivity index (χ4v) is 4.37. The zero-order chi connectivity index (χ0) is 16.5. The molecule has 1 unspecified atom stereocenters. The summed E-state index contributed by atoms with van der Waals surface area (Å²) in [7, 11) is 1.64. The summed E-state index contributed by atoms with van der Waals surface area (Å²) in [5.41, 5.74) is 0.720. The van der Waals surface area contributed by atoms with Gasteiger partial charge in [-0.2, -0.15) is 0 Å². The van der Waals surface area contributed by atoms with Crippen LogP contribution in [0.4, 0.5) is 0 Å². The van der Waals surface area contributed by atoms with Crippen molar-refractivity contribution in [2.75, 3.05) is 26.7 Å². The van der Waals surface area contributed by atoms with Crippen molar-refractivity contribution >= 4 is 5.91 Å². The van der Waals surface area contributed by atoms with E-state index in [1.807, 2.05) is 24.3 Å². The fraction of sp³-hybridized carbons (Fsp3) is 0.650. The Hall–Kier alpha value is -1.55. The standard InChI is InChI=1S/C20H28N2O2/c1-24-16-9-7-15(8-10-16)20(23)21-19-17-12-22(13-18(17)19)11-3-6-14-4-2-5-14/h7-10,14,17-19H,2-6,11-13H2,1H3,(H,21,23)/t17-,18+,19?. The van der Waals surface area contributed by atoms with Gasteiger partial charge in [0.05, 0.1) is 7.11 Å². The summed E-state index contributed by atoms with van der Waals surface area (Å²) < 4.78 is 5.14. The molecule has 2 saturated carbocycles. The van der Waals surface area contributed by atoms with Gasteiger partial charge in [0.1, 0.15) is 5.75 Å². The van der Waals surface area contributed by atoms with E-state index in [-0.39, 0.29) is 5.91 Å². The van der Waals surface area contributed by atoms with Crippen LogP contribution in [0.2, 0.25) is 0 Å². The second kappa shape index (κ2) is 6.75. The molecule has 1 amide bonds. The highest BCUT2D eigenvalue weighted by molar-refractivity contribution is 5.94. The lowest BCUT2D eigenvalue weighted by Crippen LogP contribution is -2.35. The van der Waals surface area contributed by atoms with Crippen LogP contribution in [0.25, 0.3) is 0 Å². The molecular formula is C20H28N2O2. The third-order valence-corrected chi connectivity index (χ3v) is 6.23. The van der Waals surface area contributed by atoms with Crippen molar-refractivity contribution in [1.29, 1.82) is 0 Å². The average molecular weight is 328 g/mol. The van der Waals surface area contributed by atoms with Gasteiger partial charge in [-0.25, -0.2) is 0 Å². The Kier molecular flexibility index (Phi) is 4.49. The van der Waals surface area contributed by atoms with E-state index in [1.165, 1.54) is 51.7 Å². The van der Waals surface area contributed by atoms with E-state index < -0.39 is 0 Å². The molecule has 1 aromatic carbocycles. The van der Waals surface area contributed by atoms with Gasteiger partial charge in [-0.1, -0.05) is 19.3 Å². The van der Waals surface area contributed by atoms with Crippen molar-refractivity contribution in [2.45, 2.75) is 38.1 Å². The first kappa shape index (κ1) is 15.9. The van der Waals surface area contributed by atoms with Crippen LogP contribution in [0, 0.1) is 17.8 Å². The molecule has 0 radical (unpaired) electrons.